The number of piperidine rings is 1. The van der Waals surface area contributed by atoms with E-state index in [1.54, 1.807) is 0 Å². The van der Waals surface area contributed by atoms with Crippen LogP contribution in [0.2, 0.25) is 5.02 Å². The lowest BCUT2D eigenvalue weighted by atomic mass is 9.91. The summed E-state index contributed by atoms with van der Waals surface area (Å²) in [6.07, 6.45) is 1.97. The monoisotopic (exact) mass is 209 g/mol. The molecule has 0 unspecified atom stereocenters. The van der Waals surface area contributed by atoms with Gasteiger partial charge in [0.1, 0.15) is 0 Å². The Balaban J connectivity index is 2.24. The van der Waals surface area contributed by atoms with Crippen molar-refractivity contribution in [3.05, 3.63) is 34.9 Å². The van der Waals surface area contributed by atoms with Gasteiger partial charge in [0.2, 0.25) is 5.91 Å². The number of halogens is 1. The lowest BCUT2D eigenvalue weighted by Crippen LogP contribution is -2.34. The van der Waals surface area contributed by atoms with Gasteiger partial charge in [-0.15, -0.1) is 0 Å². The number of amides is 1. The first-order valence-corrected chi connectivity index (χ1v) is 5.18. The van der Waals surface area contributed by atoms with Crippen molar-refractivity contribution in [2.24, 2.45) is 0 Å². The van der Waals surface area contributed by atoms with E-state index < -0.39 is 0 Å². The van der Waals surface area contributed by atoms with Gasteiger partial charge < -0.3 is 5.32 Å². The molecular weight excluding hydrogens is 198 g/mol. The molecule has 1 aromatic rings. The number of rotatable bonds is 1. The van der Waals surface area contributed by atoms with E-state index in [9.17, 15) is 4.79 Å². The normalized spacial score (nSPS) is 21.8. The summed E-state index contributed by atoms with van der Waals surface area (Å²) in [6.45, 7) is 0.801. The van der Waals surface area contributed by atoms with Crippen molar-refractivity contribution in [3.63, 3.8) is 0 Å². The van der Waals surface area contributed by atoms with E-state index in [1.165, 1.54) is 0 Å². The summed E-state index contributed by atoms with van der Waals surface area (Å²) in [5.41, 5.74) is 1.02. The molecule has 0 spiro atoms. The molecule has 2 rings (SSSR count). The lowest BCUT2D eigenvalue weighted by Gasteiger charge is -2.22. The Hall–Kier alpha value is -1.02. The first-order valence-electron chi connectivity index (χ1n) is 4.80. The molecule has 14 heavy (non-hydrogen) atoms. The minimum atomic E-state index is -0.0116. The summed E-state index contributed by atoms with van der Waals surface area (Å²) in [4.78, 5) is 11.6. The van der Waals surface area contributed by atoms with Crippen LogP contribution in [0.15, 0.2) is 24.3 Å². The number of nitrogens with one attached hydrogen (secondary N) is 1. The van der Waals surface area contributed by atoms with E-state index in [0.717, 1.165) is 24.9 Å². The number of hydrogen-bond donors (Lipinski definition) is 1. The predicted molar refractivity (Wildman–Crippen MR) is 56.4 cm³/mol. The second kappa shape index (κ2) is 4.01. The van der Waals surface area contributed by atoms with Crippen LogP contribution in [-0.4, -0.2) is 12.5 Å². The fraction of sp³-hybridized carbons (Fsp3) is 0.364. The van der Waals surface area contributed by atoms with Crippen LogP contribution in [0.25, 0.3) is 0 Å². The zero-order chi connectivity index (χ0) is 9.97. The van der Waals surface area contributed by atoms with Crippen LogP contribution in [0.1, 0.15) is 24.3 Å². The molecule has 74 valence electrons. The number of benzene rings is 1. The van der Waals surface area contributed by atoms with Crippen LogP contribution in [0.5, 0.6) is 0 Å². The van der Waals surface area contributed by atoms with Crippen LogP contribution in [0, 0.1) is 0 Å². The Bertz CT molecular complexity index is 351. The van der Waals surface area contributed by atoms with E-state index >= 15 is 0 Å². The van der Waals surface area contributed by atoms with Gasteiger partial charge >= 0.3 is 0 Å². The largest absolute Gasteiger partial charge is 0.356 e. The Morgan fingerprint density at radius 1 is 1.43 bits per heavy atom. The zero-order valence-corrected chi connectivity index (χ0v) is 8.55. The number of carbonyl (C=O) groups excluding carboxylic acids is 1. The molecule has 1 fully saturated rings. The van der Waals surface area contributed by atoms with Crippen LogP contribution >= 0.6 is 11.6 Å². The van der Waals surface area contributed by atoms with Gasteiger partial charge in [0.05, 0.1) is 5.92 Å². The highest BCUT2D eigenvalue weighted by atomic mass is 35.5. The molecule has 2 nitrogen and oxygen atoms in total. The Kier molecular flexibility index (Phi) is 2.73. The number of carbonyl (C=O) groups is 1. The average molecular weight is 210 g/mol. The molecule has 1 aliphatic rings. The van der Waals surface area contributed by atoms with E-state index in [0.29, 0.717) is 5.02 Å². The molecule has 0 aliphatic carbocycles. The second-order valence-corrected chi connectivity index (χ2v) is 3.98. The molecule has 1 aliphatic heterocycles. The molecule has 1 aromatic carbocycles. The van der Waals surface area contributed by atoms with Gasteiger partial charge in [0.25, 0.3) is 0 Å². The topological polar surface area (TPSA) is 29.1 Å². The first-order chi connectivity index (χ1) is 6.77. The summed E-state index contributed by atoms with van der Waals surface area (Å²) in [5.74, 6) is 0.112. The van der Waals surface area contributed by atoms with E-state index in [2.05, 4.69) is 5.32 Å². The van der Waals surface area contributed by atoms with E-state index in [1.807, 2.05) is 24.3 Å². The highest BCUT2D eigenvalue weighted by Gasteiger charge is 2.23. The van der Waals surface area contributed by atoms with Gasteiger partial charge in [-0.2, -0.15) is 0 Å². The van der Waals surface area contributed by atoms with Gasteiger partial charge in [-0.1, -0.05) is 23.7 Å². The smallest absolute Gasteiger partial charge is 0.227 e. The van der Waals surface area contributed by atoms with Crippen molar-refractivity contribution in [1.29, 1.82) is 0 Å². The molecule has 0 bridgehead atoms. The SMILES string of the molecule is O=C1NCCC[C@H]1c1cccc(Cl)c1. The summed E-state index contributed by atoms with van der Waals surface area (Å²) in [6, 6.07) is 7.55. The molecule has 1 heterocycles. The van der Waals surface area contributed by atoms with Gasteiger partial charge in [0, 0.05) is 11.6 Å². The van der Waals surface area contributed by atoms with Crippen molar-refractivity contribution in [2.75, 3.05) is 6.54 Å². The third-order valence-corrected chi connectivity index (χ3v) is 2.77. The van der Waals surface area contributed by atoms with Crippen LogP contribution < -0.4 is 5.32 Å². The number of hydrogen-bond acceptors (Lipinski definition) is 1. The minimum absolute atomic E-state index is 0.0116. The maximum absolute atomic E-state index is 11.6. The second-order valence-electron chi connectivity index (χ2n) is 3.54. The molecule has 1 saturated heterocycles. The standard InChI is InChI=1S/C11H12ClNO/c12-9-4-1-3-8(7-9)10-5-2-6-13-11(10)14/h1,3-4,7,10H,2,5-6H2,(H,13,14)/t10-/m0/s1. The fourth-order valence-corrected chi connectivity index (χ4v) is 2.01. The van der Waals surface area contributed by atoms with Gasteiger partial charge in [0.15, 0.2) is 0 Å². The zero-order valence-electron chi connectivity index (χ0n) is 7.79. The predicted octanol–water partition coefficient (Wildman–Crippen LogP) is 2.33. The molecule has 0 radical (unpaired) electrons. The third-order valence-electron chi connectivity index (χ3n) is 2.54. The summed E-state index contributed by atoms with van der Waals surface area (Å²) >= 11 is 5.88. The van der Waals surface area contributed by atoms with Crippen molar-refractivity contribution in [2.45, 2.75) is 18.8 Å². The Morgan fingerprint density at radius 2 is 2.29 bits per heavy atom. The molecule has 1 amide bonds. The molecule has 3 heteroatoms. The highest BCUT2D eigenvalue weighted by molar-refractivity contribution is 6.30. The van der Waals surface area contributed by atoms with Crippen molar-refractivity contribution < 1.29 is 4.79 Å². The minimum Gasteiger partial charge on any atom is -0.356 e. The van der Waals surface area contributed by atoms with Crippen molar-refractivity contribution >= 4 is 17.5 Å². The molecular formula is C11H12ClNO. The van der Waals surface area contributed by atoms with Gasteiger partial charge in [-0.25, -0.2) is 0 Å². The molecule has 1 N–H and O–H groups in total. The molecule has 1 atom stereocenters. The van der Waals surface area contributed by atoms with E-state index in [-0.39, 0.29) is 11.8 Å². The Labute approximate surface area is 88.3 Å². The lowest BCUT2D eigenvalue weighted by molar-refractivity contribution is -0.123. The Morgan fingerprint density at radius 3 is 3.00 bits per heavy atom. The maximum atomic E-state index is 11.6. The summed E-state index contributed by atoms with van der Waals surface area (Å²) in [7, 11) is 0. The third kappa shape index (κ3) is 1.90. The fourth-order valence-electron chi connectivity index (χ4n) is 1.81. The van der Waals surface area contributed by atoms with E-state index in [4.69, 9.17) is 11.6 Å². The molecule has 0 aromatic heterocycles. The van der Waals surface area contributed by atoms with Crippen molar-refractivity contribution in [1.82, 2.24) is 5.32 Å². The van der Waals surface area contributed by atoms with Gasteiger partial charge in [-0.3, -0.25) is 4.79 Å². The highest BCUT2D eigenvalue weighted by Crippen LogP contribution is 2.25. The summed E-state index contributed by atoms with van der Waals surface area (Å²) < 4.78 is 0. The maximum Gasteiger partial charge on any atom is 0.227 e. The summed E-state index contributed by atoms with van der Waals surface area (Å²) in [5, 5.41) is 3.56. The van der Waals surface area contributed by atoms with Crippen LogP contribution in [-0.2, 0) is 4.79 Å². The van der Waals surface area contributed by atoms with Crippen molar-refractivity contribution in [3.8, 4) is 0 Å². The average Bonchev–Trinajstić information content (AvgIpc) is 2.18. The van der Waals surface area contributed by atoms with Crippen LogP contribution in [0.3, 0.4) is 0 Å². The van der Waals surface area contributed by atoms with Crippen LogP contribution in [0.4, 0.5) is 0 Å². The van der Waals surface area contributed by atoms with Gasteiger partial charge in [-0.05, 0) is 30.5 Å². The quantitative estimate of drug-likeness (QED) is 0.756. The molecule has 0 saturated carbocycles. The first kappa shape index (κ1) is 9.53.